The molecule has 3 nitrogen and oxygen atoms in total. The van der Waals surface area contributed by atoms with Gasteiger partial charge in [0, 0.05) is 12.4 Å². The van der Waals surface area contributed by atoms with Crippen LogP contribution in [0.3, 0.4) is 0 Å². The molecule has 1 amide bonds. The molecule has 0 saturated heterocycles. The molecule has 2 rings (SSSR count). The minimum Gasteiger partial charge on any atom is -0.323 e. The van der Waals surface area contributed by atoms with Gasteiger partial charge in [-0.15, -0.1) is 11.6 Å². The fourth-order valence-corrected chi connectivity index (χ4v) is 1.78. The Labute approximate surface area is 118 Å². The minimum atomic E-state index is -4.48. The Kier molecular flexibility index (Phi) is 4.04. The van der Waals surface area contributed by atoms with Gasteiger partial charge in [-0.2, -0.15) is 13.2 Å². The number of nitrogens with zero attached hydrogens (tertiary/aromatic N) is 1. The third-order valence-electron chi connectivity index (χ3n) is 2.60. The Morgan fingerprint density at radius 3 is 2.45 bits per heavy atom. The van der Waals surface area contributed by atoms with E-state index in [0.717, 1.165) is 12.1 Å². The van der Waals surface area contributed by atoms with Crippen LogP contribution in [-0.2, 0) is 11.0 Å². The molecule has 0 saturated carbocycles. The minimum absolute atomic E-state index is 0.0571. The Morgan fingerprint density at radius 1 is 1.25 bits per heavy atom. The molecule has 1 aromatic heterocycles. The van der Waals surface area contributed by atoms with E-state index >= 15 is 0 Å². The van der Waals surface area contributed by atoms with Gasteiger partial charge in [-0.05, 0) is 30.3 Å². The molecule has 0 unspecified atom stereocenters. The first-order valence-electron chi connectivity index (χ1n) is 5.62. The summed E-state index contributed by atoms with van der Waals surface area (Å²) in [5.41, 5.74) is -0.346. The average molecular weight is 303 g/mol. The third kappa shape index (κ3) is 3.14. The lowest BCUT2D eigenvalue weighted by molar-refractivity contribution is -0.137. The predicted octanol–water partition coefficient (Wildman–Crippen LogP) is 3.67. The van der Waals surface area contributed by atoms with Crippen LogP contribution in [0.1, 0.15) is 5.56 Å². The maximum atomic E-state index is 12.7. The van der Waals surface area contributed by atoms with Crippen LogP contribution in [-0.4, -0.2) is 16.4 Å². The highest BCUT2D eigenvalue weighted by atomic mass is 35.5. The number of hydrogen-bond donors (Lipinski definition) is 1. The molecule has 20 heavy (non-hydrogen) atoms. The van der Waals surface area contributed by atoms with Crippen LogP contribution < -0.4 is 5.32 Å². The number of carbonyl (C=O) groups is 1. The lowest BCUT2D eigenvalue weighted by atomic mass is 10.1. The maximum absolute atomic E-state index is 12.7. The van der Waals surface area contributed by atoms with Gasteiger partial charge in [-0.3, -0.25) is 4.79 Å². The van der Waals surface area contributed by atoms with Crippen molar-refractivity contribution in [2.45, 2.75) is 6.18 Å². The van der Waals surface area contributed by atoms with Gasteiger partial charge in [0.05, 0.1) is 16.9 Å². The molecule has 0 fully saturated rings. The number of alkyl halides is 4. The summed E-state index contributed by atoms with van der Waals surface area (Å²) in [7, 11) is 0. The van der Waals surface area contributed by atoms with E-state index in [2.05, 4.69) is 5.32 Å². The standard InChI is InChI=1S/C13H10ClF3N2O/c14-8-12(20)18-10-7-9(13(15,16)17)3-4-11(10)19-5-1-2-6-19/h1-7H,8H2,(H,18,20). The van der Waals surface area contributed by atoms with Crippen molar-refractivity contribution in [3.8, 4) is 5.69 Å². The number of carbonyl (C=O) groups excluding carboxylic acids is 1. The van der Waals surface area contributed by atoms with Crippen LogP contribution in [0.2, 0.25) is 0 Å². The van der Waals surface area contributed by atoms with Crippen LogP contribution in [0.15, 0.2) is 42.7 Å². The van der Waals surface area contributed by atoms with Crippen molar-refractivity contribution in [1.82, 2.24) is 4.57 Å². The summed E-state index contributed by atoms with van der Waals surface area (Å²) >= 11 is 5.37. The van der Waals surface area contributed by atoms with E-state index < -0.39 is 17.6 Å². The van der Waals surface area contributed by atoms with E-state index in [1.807, 2.05) is 0 Å². The van der Waals surface area contributed by atoms with Crippen LogP contribution in [0.4, 0.5) is 18.9 Å². The van der Waals surface area contributed by atoms with Crippen molar-refractivity contribution in [2.75, 3.05) is 11.2 Å². The second kappa shape index (κ2) is 5.58. The van der Waals surface area contributed by atoms with Crippen LogP contribution in [0.25, 0.3) is 5.69 Å². The molecule has 0 atom stereocenters. The fraction of sp³-hybridized carbons (Fsp3) is 0.154. The summed E-state index contributed by atoms with van der Waals surface area (Å²) in [6.07, 6.45) is -1.15. The largest absolute Gasteiger partial charge is 0.416 e. The number of nitrogens with one attached hydrogen (secondary N) is 1. The first kappa shape index (κ1) is 14.5. The zero-order valence-electron chi connectivity index (χ0n) is 10.1. The quantitative estimate of drug-likeness (QED) is 0.862. The molecule has 2 aromatic rings. The Bertz CT molecular complexity index is 609. The van der Waals surface area contributed by atoms with Gasteiger partial charge in [0.25, 0.3) is 0 Å². The first-order valence-corrected chi connectivity index (χ1v) is 6.15. The number of halogens is 4. The number of hydrogen-bond acceptors (Lipinski definition) is 1. The van der Waals surface area contributed by atoms with Crippen molar-refractivity contribution in [1.29, 1.82) is 0 Å². The molecule has 1 N–H and O–H groups in total. The molecule has 1 heterocycles. The van der Waals surface area contributed by atoms with Crippen molar-refractivity contribution < 1.29 is 18.0 Å². The monoisotopic (exact) mass is 302 g/mol. The molecular formula is C13H10ClF3N2O. The summed E-state index contributed by atoms with van der Waals surface area (Å²) in [5, 5.41) is 2.37. The molecule has 7 heteroatoms. The van der Waals surface area contributed by atoms with Crippen LogP contribution in [0, 0.1) is 0 Å². The SMILES string of the molecule is O=C(CCl)Nc1cc(C(F)(F)F)ccc1-n1cccc1. The molecule has 106 valence electrons. The molecule has 0 radical (unpaired) electrons. The molecule has 0 bridgehead atoms. The van der Waals surface area contributed by atoms with E-state index in [1.54, 1.807) is 29.1 Å². The lowest BCUT2D eigenvalue weighted by Crippen LogP contribution is -2.15. The highest BCUT2D eigenvalue weighted by Gasteiger charge is 2.31. The predicted molar refractivity (Wildman–Crippen MR) is 70.1 cm³/mol. The van der Waals surface area contributed by atoms with Crippen molar-refractivity contribution >= 4 is 23.2 Å². The normalized spacial score (nSPS) is 11.4. The first-order chi connectivity index (χ1) is 9.41. The zero-order chi connectivity index (χ0) is 14.8. The topological polar surface area (TPSA) is 34.0 Å². The van der Waals surface area contributed by atoms with Crippen molar-refractivity contribution in [2.24, 2.45) is 0 Å². The van der Waals surface area contributed by atoms with Gasteiger partial charge < -0.3 is 9.88 Å². The van der Waals surface area contributed by atoms with Crippen molar-refractivity contribution in [3.05, 3.63) is 48.3 Å². The molecule has 0 spiro atoms. The van der Waals surface area contributed by atoms with E-state index in [1.165, 1.54) is 6.07 Å². The number of aromatic nitrogens is 1. The summed E-state index contributed by atoms with van der Waals surface area (Å²) in [6.45, 7) is 0. The summed E-state index contributed by atoms with van der Waals surface area (Å²) in [5.74, 6) is -0.902. The number of rotatable bonds is 3. The number of benzene rings is 1. The average Bonchev–Trinajstić information content (AvgIpc) is 2.91. The van der Waals surface area contributed by atoms with E-state index in [9.17, 15) is 18.0 Å². The van der Waals surface area contributed by atoms with E-state index in [0.29, 0.717) is 5.69 Å². The highest BCUT2D eigenvalue weighted by Crippen LogP contribution is 2.33. The summed E-state index contributed by atoms with van der Waals surface area (Å²) in [6, 6.07) is 6.60. The molecular weight excluding hydrogens is 293 g/mol. The third-order valence-corrected chi connectivity index (χ3v) is 2.84. The Morgan fingerprint density at radius 2 is 1.90 bits per heavy atom. The molecule has 0 aliphatic heterocycles. The van der Waals surface area contributed by atoms with Gasteiger partial charge in [-0.1, -0.05) is 0 Å². The van der Waals surface area contributed by atoms with E-state index in [4.69, 9.17) is 11.6 Å². The molecule has 1 aromatic carbocycles. The Balaban J connectivity index is 2.49. The second-order valence-corrected chi connectivity index (χ2v) is 4.27. The van der Waals surface area contributed by atoms with E-state index in [-0.39, 0.29) is 11.6 Å². The second-order valence-electron chi connectivity index (χ2n) is 4.00. The van der Waals surface area contributed by atoms with Gasteiger partial charge >= 0.3 is 6.18 Å². The van der Waals surface area contributed by atoms with Crippen LogP contribution >= 0.6 is 11.6 Å². The highest BCUT2D eigenvalue weighted by molar-refractivity contribution is 6.29. The molecule has 0 aliphatic carbocycles. The smallest absolute Gasteiger partial charge is 0.323 e. The number of amides is 1. The summed E-state index contributed by atoms with van der Waals surface area (Å²) < 4.78 is 39.7. The lowest BCUT2D eigenvalue weighted by Gasteiger charge is -2.14. The molecule has 0 aliphatic rings. The maximum Gasteiger partial charge on any atom is 0.416 e. The number of anilines is 1. The zero-order valence-corrected chi connectivity index (χ0v) is 10.9. The summed E-state index contributed by atoms with van der Waals surface area (Å²) in [4.78, 5) is 11.3. The van der Waals surface area contributed by atoms with Gasteiger partial charge in [-0.25, -0.2) is 0 Å². The van der Waals surface area contributed by atoms with Gasteiger partial charge in [0.2, 0.25) is 5.91 Å². The fourth-order valence-electron chi connectivity index (χ4n) is 1.72. The van der Waals surface area contributed by atoms with Crippen LogP contribution in [0.5, 0.6) is 0 Å². The van der Waals surface area contributed by atoms with Gasteiger partial charge in [0.1, 0.15) is 5.88 Å². The van der Waals surface area contributed by atoms with Crippen molar-refractivity contribution in [3.63, 3.8) is 0 Å². The van der Waals surface area contributed by atoms with Gasteiger partial charge in [0.15, 0.2) is 0 Å². The Hall–Kier alpha value is -1.95.